The maximum atomic E-state index is 11.7. The van der Waals surface area contributed by atoms with Gasteiger partial charge in [-0.25, -0.2) is 4.98 Å². The Kier molecular flexibility index (Phi) is 3.79. The summed E-state index contributed by atoms with van der Waals surface area (Å²) in [7, 11) is 1.43. The maximum Gasteiger partial charge on any atom is 0.309 e. The lowest BCUT2D eigenvalue weighted by Crippen LogP contribution is -2.25. The maximum absolute atomic E-state index is 11.7. The van der Waals surface area contributed by atoms with E-state index in [4.69, 9.17) is 16.3 Å². The molecule has 1 aromatic rings. The van der Waals surface area contributed by atoms with E-state index in [0.717, 1.165) is 18.4 Å². The van der Waals surface area contributed by atoms with Gasteiger partial charge in [-0.3, -0.25) is 4.79 Å². The van der Waals surface area contributed by atoms with Crippen molar-refractivity contribution in [2.24, 2.45) is 5.92 Å². The molecule has 1 heterocycles. The van der Waals surface area contributed by atoms with E-state index < -0.39 is 0 Å². The molecule has 0 spiro atoms. The van der Waals surface area contributed by atoms with E-state index >= 15 is 0 Å². The summed E-state index contributed by atoms with van der Waals surface area (Å²) in [4.78, 5) is 15.8. The number of halogens is 1. The van der Waals surface area contributed by atoms with Gasteiger partial charge in [0.05, 0.1) is 13.0 Å². The lowest BCUT2D eigenvalue weighted by Gasteiger charge is -2.26. The van der Waals surface area contributed by atoms with Crippen LogP contribution < -0.4 is 0 Å². The normalized spacial score (nSPS) is 23.4. The van der Waals surface area contributed by atoms with Crippen LogP contribution in [0.3, 0.4) is 0 Å². The third kappa shape index (κ3) is 2.67. The second kappa shape index (κ2) is 5.32. The van der Waals surface area contributed by atoms with Crippen molar-refractivity contribution in [2.45, 2.75) is 18.8 Å². The van der Waals surface area contributed by atoms with Crippen LogP contribution in [0.2, 0.25) is 5.15 Å². The lowest BCUT2D eigenvalue weighted by molar-refractivity contribution is -0.146. The molecule has 2 atom stereocenters. The molecule has 0 aromatic carbocycles. The quantitative estimate of drug-likeness (QED) is 0.461. The fourth-order valence-corrected chi connectivity index (χ4v) is 2.31. The van der Waals surface area contributed by atoms with Crippen LogP contribution in [0.25, 0.3) is 0 Å². The third-order valence-electron chi connectivity index (χ3n) is 3.11. The molecule has 3 nitrogen and oxygen atoms in total. The van der Waals surface area contributed by atoms with Crippen molar-refractivity contribution in [3.63, 3.8) is 0 Å². The summed E-state index contributed by atoms with van der Waals surface area (Å²) in [6.07, 6.45) is 7.42. The first-order valence-corrected chi connectivity index (χ1v) is 5.94. The molecular weight excluding hydrogens is 238 g/mol. The number of hydrogen-bond donors (Lipinski definition) is 0. The molecule has 1 aliphatic rings. The van der Waals surface area contributed by atoms with Crippen LogP contribution in [0.4, 0.5) is 0 Å². The SMILES string of the molecule is COC(=O)[C@@H]1CC=CC[C@@H]1c1ccc(Cl)nc1. The minimum Gasteiger partial charge on any atom is -0.469 e. The van der Waals surface area contributed by atoms with Crippen LogP contribution in [0.5, 0.6) is 0 Å². The third-order valence-corrected chi connectivity index (χ3v) is 3.34. The zero-order valence-electron chi connectivity index (χ0n) is 9.60. The molecule has 1 aromatic heterocycles. The number of nitrogens with zero attached hydrogens (tertiary/aromatic N) is 1. The fourth-order valence-electron chi connectivity index (χ4n) is 2.20. The van der Waals surface area contributed by atoms with Crippen molar-refractivity contribution in [3.8, 4) is 0 Å². The van der Waals surface area contributed by atoms with Gasteiger partial charge in [0.2, 0.25) is 0 Å². The van der Waals surface area contributed by atoms with Crippen LogP contribution in [0.1, 0.15) is 24.3 Å². The Balaban J connectivity index is 2.25. The molecule has 4 heteroatoms. The van der Waals surface area contributed by atoms with Crippen molar-refractivity contribution in [1.29, 1.82) is 0 Å². The topological polar surface area (TPSA) is 39.2 Å². The summed E-state index contributed by atoms with van der Waals surface area (Å²) in [6.45, 7) is 0. The number of ether oxygens (including phenoxy) is 1. The Morgan fingerprint density at radius 1 is 1.41 bits per heavy atom. The molecule has 0 bridgehead atoms. The van der Waals surface area contributed by atoms with Gasteiger partial charge in [-0.05, 0) is 24.5 Å². The number of allylic oxidation sites excluding steroid dienone is 2. The van der Waals surface area contributed by atoms with Gasteiger partial charge in [0.25, 0.3) is 0 Å². The molecule has 0 saturated carbocycles. The Morgan fingerprint density at radius 3 is 2.82 bits per heavy atom. The van der Waals surface area contributed by atoms with Gasteiger partial charge in [0.1, 0.15) is 5.15 Å². The number of methoxy groups -OCH3 is 1. The van der Waals surface area contributed by atoms with E-state index in [2.05, 4.69) is 11.1 Å². The zero-order valence-corrected chi connectivity index (χ0v) is 10.4. The van der Waals surface area contributed by atoms with E-state index in [1.54, 1.807) is 12.3 Å². The number of aromatic nitrogens is 1. The van der Waals surface area contributed by atoms with Gasteiger partial charge in [0.15, 0.2) is 0 Å². The number of carbonyl (C=O) groups is 1. The Bertz CT molecular complexity index is 428. The van der Waals surface area contributed by atoms with Crippen LogP contribution in [-0.4, -0.2) is 18.1 Å². The van der Waals surface area contributed by atoms with E-state index in [-0.39, 0.29) is 17.8 Å². The highest BCUT2D eigenvalue weighted by atomic mass is 35.5. The minimum absolute atomic E-state index is 0.118. The van der Waals surface area contributed by atoms with Gasteiger partial charge < -0.3 is 4.74 Å². The van der Waals surface area contributed by atoms with Crippen molar-refractivity contribution in [2.75, 3.05) is 7.11 Å². The second-order valence-electron chi connectivity index (χ2n) is 4.09. The Labute approximate surface area is 105 Å². The molecule has 0 radical (unpaired) electrons. The van der Waals surface area contributed by atoms with E-state index in [0.29, 0.717) is 5.15 Å². The molecule has 0 unspecified atom stereocenters. The average molecular weight is 252 g/mol. The molecule has 0 fully saturated rings. The number of esters is 1. The number of carbonyl (C=O) groups excluding carboxylic acids is 1. The standard InChI is InChI=1S/C13H14ClNO2/c1-17-13(16)11-5-3-2-4-10(11)9-6-7-12(14)15-8-9/h2-3,6-8,10-11H,4-5H2,1H3/t10-,11-/m1/s1. The Morgan fingerprint density at radius 2 is 2.18 bits per heavy atom. The first-order chi connectivity index (χ1) is 8.22. The first-order valence-electron chi connectivity index (χ1n) is 5.56. The van der Waals surface area contributed by atoms with Crippen LogP contribution in [0, 0.1) is 5.92 Å². The van der Waals surface area contributed by atoms with Gasteiger partial charge in [-0.2, -0.15) is 0 Å². The lowest BCUT2D eigenvalue weighted by atomic mass is 9.79. The second-order valence-corrected chi connectivity index (χ2v) is 4.48. The molecule has 0 amide bonds. The molecule has 0 saturated heterocycles. The summed E-state index contributed by atoms with van der Waals surface area (Å²) in [5.74, 6) is -0.139. The van der Waals surface area contributed by atoms with Gasteiger partial charge in [0, 0.05) is 12.1 Å². The first kappa shape index (κ1) is 12.1. The van der Waals surface area contributed by atoms with E-state index in [1.807, 2.05) is 12.1 Å². The van der Waals surface area contributed by atoms with E-state index in [1.165, 1.54) is 7.11 Å². The largest absolute Gasteiger partial charge is 0.469 e. The molecule has 0 aliphatic heterocycles. The zero-order chi connectivity index (χ0) is 12.3. The molecule has 0 N–H and O–H groups in total. The highest BCUT2D eigenvalue weighted by Crippen LogP contribution is 2.35. The van der Waals surface area contributed by atoms with E-state index in [9.17, 15) is 4.79 Å². The fraction of sp³-hybridized carbons (Fsp3) is 0.385. The summed E-state index contributed by atoms with van der Waals surface area (Å²) in [5.41, 5.74) is 1.04. The van der Waals surface area contributed by atoms with Crippen molar-refractivity contribution < 1.29 is 9.53 Å². The Hall–Kier alpha value is -1.35. The molecular formula is C13H14ClNO2. The predicted octanol–water partition coefficient (Wildman–Crippen LogP) is 2.96. The monoisotopic (exact) mass is 251 g/mol. The van der Waals surface area contributed by atoms with Crippen LogP contribution >= 0.6 is 11.6 Å². The number of rotatable bonds is 2. The van der Waals surface area contributed by atoms with Crippen molar-refractivity contribution in [3.05, 3.63) is 41.2 Å². The summed E-state index contributed by atoms with van der Waals surface area (Å²) in [5, 5.41) is 0.467. The summed E-state index contributed by atoms with van der Waals surface area (Å²) >= 11 is 5.76. The highest BCUT2D eigenvalue weighted by molar-refractivity contribution is 6.29. The average Bonchev–Trinajstić information content (AvgIpc) is 2.39. The van der Waals surface area contributed by atoms with Crippen LogP contribution in [-0.2, 0) is 9.53 Å². The summed E-state index contributed by atoms with van der Waals surface area (Å²) in [6, 6.07) is 3.68. The molecule has 90 valence electrons. The van der Waals surface area contributed by atoms with Crippen molar-refractivity contribution in [1.82, 2.24) is 4.98 Å². The van der Waals surface area contributed by atoms with Gasteiger partial charge in [-0.1, -0.05) is 29.8 Å². The predicted molar refractivity (Wildman–Crippen MR) is 65.9 cm³/mol. The summed E-state index contributed by atoms with van der Waals surface area (Å²) < 4.78 is 4.85. The number of pyridine rings is 1. The minimum atomic E-state index is -0.158. The highest BCUT2D eigenvalue weighted by Gasteiger charge is 2.30. The van der Waals surface area contributed by atoms with Gasteiger partial charge >= 0.3 is 5.97 Å². The van der Waals surface area contributed by atoms with Crippen LogP contribution in [0.15, 0.2) is 30.5 Å². The molecule has 2 rings (SSSR count). The number of hydrogen-bond acceptors (Lipinski definition) is 3. The smallest absolute Gasteiger partial charge is 0.309 e. The van der Waals surface area contributed by atoms with Gasteiger partial charge in [-0.15, -0.1) is 0 Å². The molecule has 17 heavy (non-hydrogen) atoms. The molecule has 1 aliphatic carbocycles. The van der Waals surface area contributed by atoms with Crippen molar-refractivity contribution >= 4 is 17.6 Å².